The zero-order chi connectivity index (χ0) is 28.9. The molecule has 4 aromatic rings. The number of ether oxygens (including phenoxy) is 3. The lowest BCUT2D eigenvalue weighted by Crippen LogP contribution is -2.47. The second-order valence-electron chi connectivity index (χ2n) is 10.9. The Hall–Kier alpha value is -3.73. The van der Waals surface area contributed by atoms with Crippen molar-refractivity contribution in [1.82, 2.24) is 20.2 Å². The zero-order valence-corrected chi connectivity index (χ0v) is 23.7. The first-order valence-electron chi connectivity index (χ1n) is 14.5. The van der Waals surface area contributed by atoms with Gasteiger partial charge in [0.1, 0.15) is 5.69 Å². The first-order chi connectivity index (χ1) is 20.6. The van der Waals surface area contributed by atoms with E-state index in [0.29, 0.717) is 12.1 Å². The molecule has 4 unspecified atom stereocenters. The molecule has 2 saturated heterocycles. The molecule has 0 saturated carbocycles. The number of fused-ring (bicyclic) bond motifs is 1. The van der Waals surface area contributed by atoms with E-state index in [1.807, 2.05) is 72.8 Å². The molecule has 2 fully saturated rings. The fourth-order valence-electron chi connectivity index (χ4n) is 5.50. The first-order valence-corrected chi connectivity index (χ1v) is 14.5. The van der Waals surface area contributed by atoms with E-state index in [4.69, 9.17) is 14.2 Å². The van der Waals surface area contributed by atoms with E-state index in [-0.39, 0.29) is 36.3 Å². The number of hydrogen-bond acceptors (Lipinski definition) is 8. The molecule has 3 aromatic carbocycles. The normalized spacial score (nSPS) is 23.1. The Balaban J connectivity index is 1.14. The van der Waals surface area contributed by atoms with Crippen molar-refractivity contribution in [1.29, 1.82) is 0 Å². The van der Waals surface area contributed by atoms with Crippen molar-refractivity contribution in [2.45, 2.75) is 38.6 Å². The van der Waals surface area contributed by atoms with Crippen LogP contribution in [0.5, 0.6) is 0 Å². The topological polar surface area (TPSA) is 106 Å². The van der Waals surface area contributed by atoms with Crippen LogP contribution >= 0.6 is 0 Å². The quantitative estimate of drug-likeness (QED) is 0.326. The Labute approximate surface area is 245 Å². The summed E-state index contributed by atoms with van der Waals surface area (Å²) >= 11 is 0. The lowest BCUT2D eigenvalue weighted by Gasteiger charge is -2.43. The Morgan fingerprint density at radius 3 is 2.36 bits per heavy atom. The number of amides is 1. The molecular weight excluding hydrogens is 532 g/mol. The number of nitrogens with zero attached hydrogens (tertiary/aromatic N) is 3. The molecule has 0 radical (unpaired) electrons. The van der Waals surface area contributed by atoms with E-state index in [9.17, 15) is 9.90 Å². The summed E-state index contributed by atoms with van der Waals surface area (Å²) in [6.07, 6.45) is 0.767. The predicted molar refractivity (Wildman–Crippen MR) is 157 cm³/mol. The fourth-order valence-corrected chi connectivity index (χ4v) is 5.50. The van der Waals surface area contributed by atoms with Crippen LogP contribution in [0, 0.1) is 5.92 Å². The molecule has 2 aliphatic heterocycles. The third-order valence-corrected chi connectivity index (χ3v) is 8.05. The summed E-state index contributed by atoms with van der Waals surface area (Å²) in [6, 6.07) is 23.4. The van der Waals surface area contributed by atoms with Crippen LogP contribution in [0.3, 0.4) is 0 Å². The average molecular weight is 569 g/mol. The highest BCUT2D eigenvalue weighted by atomic mass is 16.7. The van der Waals surface area contributed by atoms with Gasteiger partial charge in [-0.3, -0.25) is 14.7 Å². The summed E-state index contributed by atoms with van der Waals surface area (Å²) in [5.74, 6) is -0.150. The highest BCUT2D eigenvalue weighted by Gasteiger charge is 2.39. The van der Waals surface area contributed by atoms with Gasteiger partial charge >= 0.3 is 0 Å². The second-order valence-corrected chi connectivity index (χ2v) is 10.9. The number of hydrogen-bond donors (Lipinski definition) is 2. The number of aliphatic hydroxyl groups excluding tert-OH is 1. The van der Waals surface area contributed by atoms with E-state index >= 15 is 0 Å². The number of aliphatic hydroxyl groups is 1. The van der Waals surface area contributed by atoms with Gasteiger partial charge in [0.25, 0.3) is 5.91 Å². The Morgan fingerprint density at radius 2 is 1.62 bits per heavy atom. The molecule has 1 aromatic heterocycles. The highest BCUT2D eigenvalue weighted by Crippen LogP contribution is 2.42. The number of benzene rings is 3. The largest absolute Gasteiger partial charge is 0.392 e. The number of aromatic nitrogens is 2. The van der Waals surface area contributed by atoms with E-state index in [1.54, 1.807) is 0 Å². The lowest BCUT2D eigenvalue weighted by molar-refractivity contribution is -0.277. The van der Waals surface area contributed by atoms with Crippen LogP contribution in [0.1, 0.15) is 52.1 Å². The summed E-state index contributed by atoms with van der Waals surface area (Å²) < 4.78 is 18.7. The number of nitrogens with one attached hydrogen (secondary N) is 1. The van der Waals surface area contributed by atoms with Crippen LogP contribution in [0.15, 0.2) is 79.0 Å². The second kappa shape index (κ2) is 13.1. The molecule has 42 heavy (non-hydrogen) atoms. The molecule has 1 amide bonds. The molecule has 2 N–H and O–H groups in total. The molecule has 9 heteroatoms. The van der Waals surface area contributed by atoms with Crippen LogP contribution in [0.4, 0.5) is 0 Å². The molecule has 0 bridgehead atoms. The Kier molecular flexibility index (Phi) is 8.83. The Bertz CT molecular complexity index is 1490. The van der Waals surface area contributed by atoms with Gasteiger partial charge < -0.3 is 24.6 Å². The number of morpholine rings is 1. The van der Waals surface area contributed by atoms with Gasteiger partial charge in [0.2, 0.25) is 0 Å². The standard InChI is InChI=1S/C33H36N4O5/c1-22-30(20-37-14-16-40-17-15-37)41-33(42-31(22)25-10-8-24(21-38)9-11-25)26-12-6-23(7-13-26)18-35-32(39)29-19-34-27-4-2-3-5-28(27)36-29/h2-13,19,22,30-31,33,38H,14-18,20-21H2,1H3,(H,35,39). The van der Waals surface area contributed by atoms with Gasteiger partial charge in [-0.05, 0) is 28.8 Å². The molecule has 4 atom stereocenters. The van der Waals surface area contributed by atoms with Gasteiger partial charge in [-0.2, -0.15) is 0 Å². The number of rotatable bonds is 8. The molecule has 218 valence electrons. The van der Waals surface area contributed by atoms with E-state index in [0.717, 1.165) is 60.6 Å². The monoisotopic (exact) mass is 568 g/mol. The molecule has 0 aliphatic carbocycles. The molecule has 3 heterocycles. The fraction of sp³-hybridized carbons (Fsp3) is 0.364. The van der Waals surface area contributed by atoms with Crippen LogP contribution < -0.4 is 5.32 Å². The molecule has 2 aliphatic rings. The molecule has 9 nitrogen and oxygen atoms in total. The van der Waals surface area contributed by atoms with Gasteiger partial charge in [0, 0.05) is 37.7 Å². The average Bonchev–Trinajstić information content (AvgIpc) is 3.05. The number of para-hydroxylation sites is 2. The number of carbonyl (C=O) groups is 1. The summed E-state index contributed by atoms with van der Waals surface area (Å²) in [5.41, 5.74) is 5.53. The summed E-state index contributed by atoms with van der Waals surface area (Å²) in [4.78, 5) is 23.9. The van der Waals surface area contributed by atoms with Crippen LogP contribution in [0.2, 0.25) is 0 Å². The van der Waals surface area contributed by atoms with E-state index in [2.05, 4.69) is 27.1 Å². The minimum Gasteiger partial charge on any atom is -0.392 e. The van der Waals surface area contributed by atoms with Crippen LogP contribution in [-0.2, 0) is 27.4 Å². The molecule has 0 spiro atoms. The van der Waals surface area contributed by atoms with Crippen LogP contribution in [-0.4, -0.2) is 64.8 Å². The summed E-state index contributed by atoms with van der Waals surface area (Å²) in [6.45, 7) is 6.59. The predicted octanol–water partition coefficient (Wildman–Crippen LogP) is 4.18. The van der Waals surface area contributed by atoms with Crippen molar-refractivity contribution in [3.63, 3.8) is 0 Å². The van der Waals surface area contributed by atoms with Gasteiger partial charge in [0.15, 0.2) is 6.29 Å². The maximum Gasteiger partial charge on any atom is 0.271 e. The third-order valence-electron chi connectivity index (χ3n) is 8.05. The maximum absolute atomic E-state index is 12.7. The SMILES string of the molecule is CC1C(CN2CCOCC2)OC(c2ccc(CNC(=O)c3cnc4ccccc4n3)cc2)OC1c1ccc(CO)cc1. The van der Waals surface area contributed by atoms with Crippen molar-refractivity contribution >= 4 is 16.9 Å². The zero-order valence-electron chi connectivity index (χ0n) is 23.7. The number of carbonyl (C=O) groups excluding carboxylic acids is 1. The Morgan fingerprint density at radius 1 is 0.929 bits per heavy atom. The molecular formula is C33H36N4O5. The smallest absolute Gasteiger partial charge is 0.271 e. The van der Waals surface area contributed by atoms with Crippen molar-refractivity contribution in [3.8, 4) is 0 Å². The van der Waals surface area contributed by atoms with Gasteiger partial charge in [-0.25, -0.2) is 4.98 Å². The summed E-state index contributed by atoms with van der Waals surface area (Å²) in [5, 5.41) is 12.4. The van der Waals surface area contributed by atoms with Crippen molar-refractivity contribution in [3.05, 3.63) is 107 Å². The minimum atomic E-state index is -0.536. The first kappa shape index (κ1) is 28.4. The molecule has 6 rings (SSSR count). The maximum atomic E-state index is 12.7. The van der Waals surface area contributed by atoms with Gasteiger partial charge in [-0.1, -0.05) is 67.6 Å². The van der Waals surface area contributed by atoms with Crippen LogP contribution in [0.25, 0.3) is 11.0 Å². The summed E-state index contributed by atoms with van der Waals surface area (Å²) in [7, 11) is 0. The van der Waals surface area contributed by atoms with E-state index < -0.39 is 6.29 Å². The van der Waals surface area contributed by atoms with Crippen molar-refractivity contribution < 1.29 is 24.1 Å². The highest BCUT2D eigenvalue weighted by molar-refractivity contribution is 5.93. The van der Waals surface area contributed by atoms with E-state index in [1.165, 1.54) is 6.20 Å². The van der Waals surface area contributed by atoms with Crippen molar-refractivity contribution in [2.24, 2.45) is 5.92 Å². The minimum absolute atomic E-state index is 0.00914. The third kappa shape index (κ3) is 6.51. The van der Waals surface area contributed by atoms with Gasteiger partial charge in [-0.15, -0.1) is 0 Å². The van der Waals surface area contributed by atoms with Crippen molar-refractivity contribution in [2.75, 3.05) is 32.8 Å². The lowest BCUT2D eigenvalue weighted by atomic mass is 9.90. The van der Waals surface area contributed by atoms with Gasteiger partial charge in [0.05, 0.1) is 49.3 Å².